The molecule has 1 aliphatic carbocycles. The van der Waals surface area contributed by atoms with Crippen LogP contribution in [0.25, 0.3) is 0 Å². The summed E-state index contributed by atoms with van der Waals surface area (Å²) >= 11 is 5.61. The zero-order valence-corrected chi connectivity index (χ0v) is 10.6. The van der Waals surface area contributed by atoms with E-state index in [9.17, 15) is 18.0 Å². The highest BCUT2D eigenvalue weighted by atomic mass is 35.5. The van der Waals surface area contributed by atoms with Crippen LogP contribution in [0.3, 0.4) is 0 Å². The molecule has 0 bridgehead atoms. The number of halogens is 4. The van der Waals surface area contributed by atoms with E-state index in [1.165, 1.54) is 6.07 Å². The van der Waals surface area contributed by atoms with Crippen LogP contribution in [0.4, 0.5) is 18.9 Å². The summed E-state index contributed by atoms with van der Waals surface area (Å²) in [6, 6.07) is 3.32. The van der Waals surface area contributed by atoms with Gasteiger partial charge in [-0.1, -0.05) is 11.6 Å². The van der Waals surface area contributed by atoms with Crippen molar-refractivity contribution in [2.45, 2.75) is 25.1 Å². The minimum absolute atomic E-state index is 0.0439. The summed E-state index contributed by atoms with van der Waals surface area (Å²) in [6.07, 6.45) is -2.43. The average molecular weight is 293 g/mol. The molecule has 1 aromatic rings. The molecule has 1 fully saturated rings. The highest BCUT2D eigenvalue weighted by molar-refractivity contribution is 6.31. The van der Waals surface area contributed by atoms with Crippen LogP contribution in [-0.4, -0.2) is 18.5 Å². The number of benzene rings is 1. The molecule has 0 unspecified atom stereocenters. The Morgan fingerprint density at radius 1 is 1.32 bits per heavy atom. The molecule has 1 saturated carbocycles. The summed E-state index contributed by atoms with van der Waals surface area (Å²) in [5.41, 5.74) is -0.840. The van der Waals surface area contributed by atoms with Crippen LogP contribution < -0.4 is 10.6 Å². The Balaban J connectivity index is 2.02. The molecule has 3 nitrogen and oxygen atoms in total. The Hall–Kier alpha value is -1.27. The molecule has 0 atom stereocenters. The maximum Gasteiger partial charge on any atom is 0.416 e. The fourth-order valence-corrected chi connectivity index (χ4v) is 1.79. The molecule has 0 radical (unpaired) electrons. The third kappa shape index (κ3) is 4.40. The number of hydrogen-bond donors (Lipinski definition) is 2. The van der Waals surface area contributed by atoms with Crippen molar-refractivity contribution in [1.82, 2.24) is 5.32 Å². The molecule has 1 aromatic carbocycles. The molecule has 2 rings (SSSR count). The maximum atomic E-state index is 12.6. The molecule has 104 valence electrons. The van der Waals surface area contributed by atoms with Gasteiger partial charge in [-0.25, -0.2) is 0 Å². The van der Waals surface area contributed by atoms with Crippen LogP contribution in [0, 0.1) is 0 Å². The minimum Gasteiger partial charge on any atom is -0.325 e. The molecule has 0 saturated heterocycles. The van der Waals surface area contributed by atoms with Crippen LogP contribution in [0.5, 0.6) is 0 Å². The summed E-state index contributed by atoms with van der Waals surface area (Å²) in [7, 11) is 0. The van der Waals surface area contributed by atoms with Crippen molar-refractivity contribution in [3.63, 3.8) is 0 Å². The molecular formula is C12H12ClF3N2O. The summed E-state index contributed by atoms with van der Waals surface area (Å²) in [5, 5.41) is 5.29. The van der Waals surface area contributed by atoms with Crippen molar-refractivity contribution in [1.29, 1.82) is 0 Å². The number of anilines is 1. The Morgan fingerprint density at radius 2 is 2.00 bits per heavy atom. The van der Waals surface area contributed by atoms with Gasteiger partial charge >= 0.3 is 6.18 Å². The topological polar surface area (TPSA) is 41.1 Å². The number of rotatable bonds is 4. The Bertz CT molecular complexity index is 486. The lowest BCUT2D eigenvalue weighted by atomic mass is 10.2. The first-order valence-corrected chi connectivity index (χ1v) is 6.13. The van der Waals surface area contributed by atoms with Crippen LogP contribution in [0.15, 0.2) is 18.2 Å². The van der Waals surface area contributed by atoms with E-state index in [1.54, 1.807) is 0 Å². The van der Waals surface area contributed by atoms with Gasteiger partial charge in [0.2, 0.25) is 5.91 Å². The van der Waals surface area contributed by atoms with E-state index in [0.717, 1.165) is 25.0 Å². The van der Waals surface area contributed by atoms with Gasteiger partial charge in [-0.2, -0.15) is 13.2 Å². The summed E-state index contributed by atoms with van der Waals surface area (Å²) in [4.78, 5) is 11.5. The molecule has 7 heteroatoms. The second-order valence-electron chi connectivity index (χ2n) is 4.43. The van der Waals surface area contributed by atoms with E-state index < -0.39 is 11.7 Å². The molecule has 0 aliphatic heterocycles. The first-order valence-electron chi connectivity index (χ1n) is 5.75. The predicted octanol–water partition coefficient (Wildman–Crippen LogP) is 3.05. The normalized spacial score (nSPS) is 15.4. The Labute approximate surface area is 113 Å². The van der Waals surface area contributed by atoms with Gasteiger partial charge in [0.05, 0.1) is 12.1 Å². The highest BCUT2D eigenvalue weighted by Crippen LogP contribution is 2.33. The third-order valence-corrected chi connectivity index (χ3v) is 2.86. The van der Waals surface area contributed by atoms with E-state index >= 15 is 0 Å². The van der Waals surface area contributed by atoms with E-state index in [4.69, 9.17) is 11.6 Å². The molecule has 0 spiro atoms. The number of carbonyl (C=O) groups excluding carboxylic acids is 1. The first-order chi connectivity index (χ1) is 8.84. The van der Waals surface area contributed by atoms with E-state index in [-0.39, 0.29) is 23.2 Å². The first kappa shape index (κ1) is 14.1. The second-order valence-corrected chi connectivity index (χ2v) is 4.87. The number of hydrogen-bond acceptors (Lipinski definition) is 2. The number of alkyl halides is 3. The van der Waals surface area contributed by atoms with Crippen molar-refractivity contribution < 1.29 is 18.0 Å². The van der Waals surface area contributed by atoms with Crippen LogP contribution in [0.1, 0.15) is 18.4 Å². The van der Waals surface area contributed by atoms with Gasteiger partial charge in [0, 0.05) is 16.8 Å². The van der Waals surface area contributed by atoms with Gasteiger partial charge in [-0.05, 0) is 31.0 Å². The van der Waals surface area contributed by atoms with Crippen molar-refractivity contribution in [2.75, 3.05) is 11.9 Å². The fourth-order valence-electron chi connectivity index (χ4n) is 1.56. The van der Waals surface area contributed by atoms with Gasteiger partial charge in [-0.15, -0.1) is 0 Å². The largest absolute Gasteiger partial charge is 0.416 e. The Kier molecular flexibility index (Phi) is 4.01. The standard InChI is InChI=1S/C12H12ClF3N2O/c13-8-3-7(12(14,15)16)4-10(5-8)18-11(19)6-17-9-1-2-9/h3-5,9,17H,1-2,6H2,(H,18,19). The maximum absolute atomic E-state index is 12.6. The van der Waals surface area contributed by atoms with Crippen molar-refractivity contribution in [2.24, 2.45) is 0 Å². The average Bonchev–Trinajstić information content (AvgIpc) is 3.08. The van der Waals surface area contributed by atoms with Crippen LogP contribution in [-0.2, 0) is 11.0 Å². The molecular weight excluding hydrogens is 281 g/mol. The number of nitrogens with one attached hydrogen (secondary N) is 2. The minimum atomic E-state index is -4.49. The molecule has 19 heavy (non-hydrogen) atoms. The van der Waals surface area contributed by atoms with Gasteiger partial charge in [0.1, 0.15) is 0 Å². The van der Waals surface area contributed by atoms with Crippen molar-refractivity contribution >= 4 is 23.2 Å². The molecule has 2 N–H and O–H groups in total. The van der Waals surface area contributed by atoms with Gasteiger partial charge < -0.3 is 10.6 Å². The van der Waals surface area contributed by atoms with Crippen molar-refractivity contribution in [3.05, 3.63) is 28.8 Å². The van der Waals surface area contributed by atoms with Gasteiger partial charge in [0.15, 0.2) is 0 Å². The molecule has 0 aromatic heterocycles. The zero-order chi connectivity index (χ0) is 14.0. The van der Waals surface area contributed by atoms with Crippen molar-refractivity contribution in [3.8, 4) is 0 Å². The Morgan fingerprint density at radius 3 is 2.58 bits per heavy atom. The number of carbonyl (C=O) groups is 1. The predicted molar refractivity (Wildman–Crippen MR) is 66.1 cm³/mol. The summed E-state index contributed by atoms with van der Waals surface area (Å²) in [5.74, 6) is -0.387. The summed E-state index contributed by atoms with van der Waals surface area (Å²) in [6.45, 7) is 0.0819. The summed E-state index contributed by atoms with van der Waals surface area (Å²) < 4.78 is 37.7. The fraction of sp³-hybridized carbons (Fsp3) is 0.417. The van der Waals surface area contributed by atoms with Crippen LogP contribution in [0.2, 0.25) is 5.02 Å². The molecule has 1 aliphatic rings. The van der Waals surface area contributed by atoms with Gasteiger partial charge in [-0.3, -0.25) is 4.79 Å². The van der Waals surface area contributed by atoms with E-state index in [2.05, 4.69) is 10.6 Å². The third-order valence-electron chi connectivity index (χ3n) is 2.64. The SMILES string of the molecule is O=C(CNC1CC1)Nc1cc(Cl)cc(C(F)(F)F)c1. The zero-order valence-electron chi connectivity index (χ0n) is 9.85. The lowest BCUT2D eigenvalue weighted by Gasteiger charge is -2.11. The van der Waals surface area contributed by atoms with E-state index in [1.807, 2.05) is 0 Å². The van der Waals surface area contributed by atoms with Crippen LogP contribution >= 0.6 is 11.6 Å². The quantitative estimate of drug-likeness (QED) is 0.895. The smallest absolute Gasteiger partial charge is 0.325 e. The number of amides is 1. The second kappa shape index (κ2) is 5.38. The lowest BCUT2D eigenvalue weighted by molar-refractivity contribution is -0.137. The molecule has 0 heterocycles. The molecule has 1 amide bonds. The monoisotopic (exact) mass is 292 g/mol. The highest BCUT2D eigenvalue weighted by Gasteiger charge is 2.31. The van der Waals surface area contributed by atoms with E-state index in [0.29, 0.717) is 6.04 Å². The van der Waals surface area contributed by atoms with Gasteiger partial charge in [0.25, 0.3) is 0 Å². The lowest BCUT2D eigenvalue weighted by Crippen LogP contribution is -2.29.